The molecule has 0 bridgehead atoms. The van der Waals surface area contributed by atoms with Crippen LogP contribution in [0.4, 0.5) is 0 Å². The van der Waals surface area contributed by atoms with E-state index in [0.29, 0.717) is 0 Å². The number of nitrogens with two attached hydrogens (primary N) is 2. The molecular weight excluding hydrogens is 440 g/mol. The molecule has 15 heteroatoms. The van der Waals surface area contributed by atoms with Gasteiger partial charge in [0.15, 0.2) is 0 Å². The number of carbonyl (C=O) groups excluding carboxylic acids is 6. The zero-order chi connectivity index (χ0) is 25.4. The molecule has 4 unspecified atom stereocenters. The standard InChI is InChI=1S/C9H15NO6.C8H13NO7/c1-4-7(14-5(2)11)8(9(13)16-10)15-6(3)12;1-4(10)14-6(7(12)16-9)8(13-3)15-5(2)11/h7-8H,4,10H2,1-3H3;6,8H,9H2,1-3H3. The normalized spacial score (nSPS) is 13.5. The predicted molar refractivity (Wildman–Crippen MR) is 100 cm³/mol. The van der Waals surface area contributed by atoms with E-state index < -0.39 is 60.4 Å². The molecular formula is C17H28N2O13. The molecule has 0 fully saturated rings. The average Bonchev–Trinajstić information content (AvgIpc) is 2.71. The van der Waals surface area contributed by atoms with Gasteiger partial charge >= 0.3 is 35.8 Å². The highest BCUT2D eigenvalue weighted by Gasteiger charge is 2.36. The highest BCUT2D eigenvalue weighted by atomic mass is 16.7. The zero-order valence-electron chi connectivity index (χ0n) is 18.5. The Morgan fingerprint density at radius 1 is 0.656 bits per heavy atom. The Labute approximate surface area is 183 Å². The molecule has 184 valence electrons. The molecule has 0 radical (unpaired) electrons. The second-order valence-corrected chi connectivity index (χ2v) is 5.70. The van der Waals surface area contributed by atoms with Crippen molar-refractivity contribution in [3.8, 4) is 0 Å². The predicted octanol–water partition coefficient (Wildman–Crippen LogP) is -1.45. The molecule has 0 aliphatic heterocycles. The minimum absolute atomic E-state index is 0.284. The van der Waals surface area contributed by atoms with Crippen LogP contribution in [0.2, 0.25) is 0 Å². The highest BCUT2D eigenvalue weighted by molar-refractivity contribution is 5.80. The van der Waals surface area contributed by atoms with Crippen molar-refractivity contribution in [1.29, 1.82) is 0 Å². The van der Waals surface area contributed by atoms with E-state index in [-0.39, 0.29) is 6.42 Å². The Hall–Kier alpha value is -3.30. The Bertz CT molecular complexity index is 611. The van der Waals surface area contributed by atoms with Crippen LogP contribution in [0.5, 0.6) is 0 Å². The van der Waals surface area contributed by atoms with Gasteiger partial charge in [0.25, 0.3) is 12.4 Å². The monoisotopic (exact) mass is 468 g/mol. The van der Waals surface area contributed by atoms with Crippen LogP contribution >= 0.6 is 0 Å². The van der Waals surface area contributed by atoms with Gasteiger partial charge in [-0.05, 0) is 6.42 Å². The third-order valence-corrected chi connectivity index (χ3v) is 3.10. The summed E-state index contributed by atoms with van der Waals surface area (Å²) in [7, 11) is 1.16. The van der Waals surface area contributed by atoms with Crippen LogP contribution in [0.25, 0.3) is 0 Å². The van der Waals surface area contributed by atoms with Crippen molar-refractivity contribution in [2.45, 2.75) is 65.6 Å². The first-order valence-electron chi connectivity index (χ1n) is 8.87. The van der Waals surface area contributed by atoms with Crippen LogP contribution in [0.15, 0.2) is 0 Å². The van der Waals surface area contributed by atoms with E-state index >= 15 is 0 Å². The molecule has 0 rings (SSSR count). The molecule has 4 N–H and O–H groups in total. The summed E-state index contributed by atoms with van der Waals surface area (Å²) in [4.78, 5) is 73.1. The van der Waals surface area contributed by atoms with E-state index in [1.807, 2.05) is 0 Å². The molecule has 0 aromatic heterocycles. The van der Waals surface area contributed by atoms with Crippen LogP contribution < -0.4 is 11.8 Å². The van der Waals surface area contributed by atoms with Gasteiger partial charge in [-0.15, -0.1) is 0 Å². The molecule has 0 aliphatic rings. The summed E-state index contributed by atoms with van der Waals surface area (Å²) in [6, 6.07) is 0. The lowest BCUT2D eigenvalue weighted by Gasteiger charge is -2.22. The quantitative estimate of drug-likeness (QED) is 0.162. The molecule has 0 amide bonds. The topological polar surface area (TPSA) is 219 Å². The van der Waals surface area contributed by atoms with Gasteiger partial charge in [-0.2, -0.15) is 11.8 Å². The van der Waals surface area contributed by atoms with Crippen LogP contribution in [-0.4, -0.2) is 67.5 Å². The fourth-order valence-corrected chi connectivity index (χ4v) is 1.95. The second kappa shape index (κ2) is 16.4. The number of ether oxygens (including phenoxy) is 5. The summed E-state index contributed by atoms with van der Waals surface area (Å²) in [5, 5.41) is 0. The van der Waals surface area contributed by atoms with Crippen molar-refractivity contribution in [1.82, 2.24) is 0 Å². The van der Waals surface area contributed by atoms with Gasteiger partial charge in [0.05, 0.1) is 0 Å². The molecule has 0 saturated carbocycles. The van der Waals surface area contributed by atoms with Crippen molar-refractivity contribution in [3.63, 3.8) is 0 Å². The van der Waals surface area contributed by atoms with Gasteiger partial charge in [-0.25, -0.2) is 9.59 Å². The van der Waals surface area contributed by atoms with Crippen molar-refractivity contribution in [3.05, 3.63) is 0 Å². The van der Waals surface area contributed by atoms with Gasteiger partial charge in [-0.3, -0.25) is 19.2 Å². The largest absolute Gasteiger partial charge is 0.458 e. The SMILES string of the molecule is CCC(OC(C)=O)C(OC(C)=O)C(=O)ON.COC(OC(C)=O)C(OC(C)=O)C(=O)ON. The lowest BCUT2D eigenvalue weighted by Crippen LogP contribution is -2.43. The maximum absolute atomic E-state index is 11.2. The molecule has 0 aromatic carbocycles. The first-order chi connectivity index (χ1) is 14.8. The van der Waals surface area contributed by atoms with Crippen molar-refractivity contribution in [2.75, 3.05) is 7.11 Å². The van der Waals surface area contributed by atoms with Crippen LogP contribution in [0.3, 0.4) is 0 Å². The number of hydrogen-bond donors (Lipinski definition) is 2. The smallest absolute Gasteiger partial charge is 0.372 e. The van der Waals surface area contributed by atoms with E-state index in [0.717, 1.165) is 27.9 Å². The Kier molecular flexibility index (Phi) is 15.8. The van der Waals surface area contributed by atoms with Crippen molar-refractivity contribution in [2.24, 2.45) is 11.8 Å². The molecule has 0 aromatic rings. The second-order valence-electron chi connectivity index (χ2n) is 5.70. The summed E-state index contributed by atoms with van der Waals surface area (Å²) in [5.74, 6) is 4.49. The molecule has 4 atom stereocenters. The minimum atomic E-state index is -1.56. The highest BCUT2D eigenvalue weighted by Crippen LogP contribution is 2.11. The molecule has 0 heterocycles. The van der Waals surface area contributed by atoms with Crippen LogP contribution in [0.1, 0.15) is 41.0 Å². The number of carbonyl (C=O) groups is 6. The first-order valence-corrected chi connectivity index (χ1v) is 8.87. The zero-order valence-corrected chi connectivity index (χ0v) is 18.5. The molecule has 32 heavy (non-hydrogen) atoms. The summed E-state index contributed by atoms with van der Waals surface area (Å²) >= 11 is 0. The number of methoxy groups -OCH3 is 1. The van der Waals surface area contributed by atoms with Gasteiger partial charge in [-0.1, -0.05) is 6.92 Å². The fourth-order valence-electron chi connectivity index (χ4n) is 1.95. The minimum Gasteiger partial charge on any atom is -0.458 e. The number of rotatable bonds is 10. The lowest BCUT2D eigenvalue weighted by atomic mass is 10.1. The van der Waals surface area contributed by atoms with Gasteiger partial charge in [0.2, 0.25) is 6.10 Å². The summed E-state index contributed by atoms with van der Waals surface area (Å²) in [6.07, 6.45) is -4.92. The summed E-state index contributed by atoms with van der Waals surface area (Å²) in [5.41, 5.74) is 0. The third kappa shape index (κ3) is 13.1. The molecule has 0 aliphatic carbocycles. The Morgan fingerprint density at radius 2 is 1.03 bits per heavy atom. The van der Waals surface area contributed by atoms with E-state index in [1.54, 1.807) is 6.92 Å². The van der Waals surface area contributed by atoms with Gasteiger partial charge in [0.1, 0.15) is 6.10 Å². The molecule has 0 spiro atoms. The Morgan fingerprint density at radius 3 is 1.34 bits per heavy atom. The summed E-state index contributed by atoms with van der Waals surface area (Å²) in [6.45, 7) is 6.13. The lowest BCUT2D eigenvalue weighted by molar-refractivity contribution is -0.212. The van der Waals surface area contributed by atoms with E-state index in [2.05, 4.69) is 34.5 Å². The Balaban J connectivity index is 0. The van der Waals surface area contributed by atoms with Gasteiger partial charge < -0.3 is 33.4 Å². The maximum Gasteiger partial charge on any atom is 0.372 e. The van der Waals surface area contributed by atoms with Crippen molar-refractivity contribution < 1.29 is 62.1 Å². The fraction of sp³-hybridized carbons (Fsp3) is 0.647. The van der Waals surface area contributed by atoms with Crippen LogP contribution in [0, 0.1) is 0 Å². The van der Waals surface area contributed by atoms with E-state index in [1.165, 1.54) is 6.92 Å². The van der Waals surface area contributed by atoms with Crippen LogP contribution in [-0.2, 0) is 62.1 Å². The molecule has 0 saturated heterocycles. The average molecular weight is 468 g/mol. The van der Waals surface area contributed by atoms with E-state index in [9.17, 15) is 28.8 Å². The summed E-state index contributed by atoms with van der Waals surface area (Å²) < 4.78 is 23.3. The number of hydrogen-bond acceptors (Lipinski definition) is 15. The first kappa shape index (κ1) is 30.9. The number of esters is 4. The van der Waals surface area contributed by atoms with E-state index in [4.69, 9.17) is 10.6 Å². The molecule has 15 nitrogen and oxygen atoms in total. The van der Waals surface area contributed by atoms with Gasteiger partial charge in [0, 0.05) is 34.8 Å². The third-order valence-electron chi connectivity index (χ3n) is 3.10. The maximum atomic E-state index is 11.2. The van der Waals surface area contributed by atoms with Crippen molar-refractivity contribution >= 4 is 35.8 Å².